The molecule has 0 heterocycles. The second-order valence-electron chi connectivity index (χ2n) is 6.06. The van der Waals surface area contributed by atoms with Gasteiger partial charge >= 0.3 is 0 Å². The summed E-state index contributed by atoms with van der Waals surface area (Å²) in [5, 5.41) is 0. The number of hydrogen-bond donors (Lipinski definition) is 0. The minimum absolute atomic E-state index is 0.995. The van der Waals surface area contributed by atoms with Gasteiger partial charge in [0.15, 0.2) is 0 Å². The van der Waals surface area contributed by atoms with Crippen LogP contribution in [0.3, 0.4) is 0 Å². The lowest BCUT2D eigenvalue weighted by molar-refractivity contribution is -0.0348. The van der Waals surface area contributed by atoms with Gasteiger partial charge < -0.3 is 0 Å². The van der Waals surface area contributed by atoms with E-state index in [1.54, 1.807) is 0 Å². The predicted octanol–water partition coefficient (Wildman–Crippen LogP) is 4.27. The van der Waals surface area contributed by atoms with Gasteiger partial charge in [0, 0.05) is 0 Å². The van der Waals surface area contributed by atoms with Crippen LogP contribution in [0, 0.1) is 35.5 Å². The van der Waals surface area contributed by atoms with Gasteiger partial charge in [0.25, 0.3) is 0 Å². The fourth-order valence-corrected chi connectivity index (χ4v) is 4.91. The largest absolute Gasteiger partial charge is 0.0810 e. The van der Waals surface area contributed by atoms with Crippen molar-refractivity contribution in [2.45, 2.75) is 46.5 Å². The van der Waals surface area contributed by atoms with Crippen molar-refractivity contribution in [2.75, 3.05) is 0 Å². The van der Waals surface area contributed by atoms with E-state index in [0.29, 0.717) is 0 Å². The van der Waals surface area contributed by atoms with Gasteiger partial charge in [-0.05, 0) is 48.3 Å². The summed E-state index contributed by atoms with van der Waals surface area (Å²) in [6.07, 6.45) is 8.35. The number of hydrogen-bond acceptors (Lipinski definition) is 0. The maximum atomic E-state index is 2.61. The maximum absolute atomic E-state index is 2.61. The third kappa shape index (κ3) is 1.14. The molecule has 0 amide bonds. The molecule has 0 saturated heterocycles. The van der Waals surface area contributed by atoms with Gasteiger partial charge in [0.05, 0.1) is 0 Å². The summed E-state index contributed by atoms with van der Waals surface area (Å²) >= 11 is 0. The van der Waals surface area contributed by atoms with E-state index in [2.05, 4.69) is 26.8 Å². The zero-order chi connectivity index (χ0) is 10.6. The molecule has 6 unspecified atom stereocenters. The Kier molecular flexibility index (Phi) is 2.23. The molecular weight excluding hydrogens is 180 g/mol. The van der Waals surface area contributed by atoms with Gasteiger partial charge in [-0.15, -0.1) is 0 Å². The Balaban J connectivity index is 1.88. The van der Waals surface area contributed by atoms with Crippen molar-refractivity contribution in [3.8, 4) is 0 Å². The summed E-state index contributed by atoms with van der Waals surface area (Å²) in [4.78, 5) is 0. The topological polar surface area (TPSA) is 0 Å². The van der Waals surface area contributed by atoms with E-state index in [1.807, 2.05) is 5.57 Å². The Hall–Kier alpha value is -0.260. The first kappa shape index (κ1) is 9.93. The molecule has 2 fully saturated rings. The summed E-state index contributed by atoms with van der Waals surface area (Å²) in [6, 6.07) is 0. The molecule has 84 valence electrons. The van der Waals surface area contributed by atoms with E-state index in [1.165, 1.54) is 25.7 Å². The van der Waals surface area contributed by atoms with E-state index in [9.17, 15) is 0 Å². The number of allylic oxidation sites excluding steroid dienone is 2. The van der Waals surface area contributed by atoms with Crippen molar-refractivity contribution >= 4 is 0 Å². The zero-order valence-corrected chi connectivity index (χ0v) is 10.4. The average Bonchev–Trinajstić information content (AvgIpc) is 2.27. The second kappa shape index (κ2) is 3.37. The molecule has 0 radical (unpaired) electrons. The molecule has 0 aromatic carbocycles. The monoisotopic (exact) mass is 204 g/mol. The molecule has 3 aliphatic carbocycles. The van der Waals surface area contributed by atoms with E-state index in [4.69, 9.17) is 0 Å². The van der Waals surface area contributed by atoms with Crippen molar-refractivity contribution in [1.29, 1.82) is 0 Å². The molecule has 0 bridgehead atoms. The fraction of sp³-hybridized carbons (Fsp3) is 0.867. The van der Waals surface area contributed by atoms with E-state index in [0.717, 1.165) is 35.5 Å². The predicted molar refractivity (Wildman–Crippen MR) is 64.5 cm³/mol. The lowest BCUT2D eigenvalue weighted by Gasteiger charge is -2.59. The van der Waals surface area contributed by atoms with Crippen LogP contribution in [0.5, 0.6) is 0 Å². The zero-order valence-electron chi connectivity index (χ0n) is 10.4. The molecule has 0 spiro atoms. The fourth-order valence-electron chi connectivity index (χ4n) is 4.91. The molecule has 0 aliphatic heterocycles. The standard InChI is InChI=1S/C15H24/c1-4-10-6-7-11-8-13-9(3)14(15(11)13)12(10)5-2/h8-10,12-15H,4-7H2,1-3H3. The van der Waals surface area contributed by atoms with Crippen LogP contribution in [0.1, 0.15) is 46.5 Å². The molecule has 0 N–H and O–H groups in total. The highest BCUT2D eigenvalue weighted by atomic mass is 14.6. The van der Waals surface area contributed by atoms with Gasteiger partial charge in [-0.3, -0.25) is 0 Å². The van der Waals surface area contributed by atoms with Crippen molar-refractivity contribution in [2.24, 2.45) is 35.5 Å². The van der Waals surface area contributed by atoms with Crippen LogP contribution < -0.4 is 0 Å². The van der Waals surface area contributed by atoms with E-state index < -0.39 is 0 Å². The molecule has 15 heavy (non-hydrogen) atoms. The Morgan fingerprint density at radius 3 is 2.73 bits per heavy atom. The molecule has 0 aromatic heterocycles. The highest BCUT2D eigenvalue weighted by Gasteiger charge is 2.57. The van der Waals surface area contributed by atoms with Crippen molar-refractivity contribution in [3.63, 3.8) is 0 Å². The first-order chi connectivity index (χ1) is 7.27. The lowest BCUT2D eigenvalue weighted by Crippen LogP contribution is -2.53. The third-order valence-electron chi connectivity index (χ3n) is 5.78. The number of rotatable bonds is 2. The SMILES string of the molecule is CCC1CCC2=CC3C(C)C(C1CC)C23. The van der Waals surface area contributed by atoms with Gasteiger partial charge in [-0.2, -0.15) is 0 Å². The summed E-state index contributed by atoms with van der Waals surface area (Å²) in [6.45, 7) is 7.32. The van der Waals surface area contributed by atoms with Gasteiger partial charge in [0.2, 0.25) is 0 Å². The van der Waals surface area contributed by atoms with Crippen LogP contribution in [0.15, 0.2) is 11.6 Å². The average molecular weight is 204 g/mol. The van der Waals surface area contributed by atoms with Gasteiger partial charge in [-0.1, -0.05) is 45.3 Å². The van der Waals surface area contributed by atoms with Crippen LogP contribution in [0.2, 0.25) is 0 Å². The molecule has 6 atom stereocenters. The van der Waals surface area contributed by atoms with Crippen LogP contribution in [0.25, 0.3) is 0 Å². The Morgan fingerprint density at radius 2 is 2.07 bits per heavy atom. The quantitative estimate of drug-likeness (QED) is 0.589. The van der Waals surface area contributed by atoms with Crippen LogP contribution in [-0.4, -0.2) is 0 Å². The smallest absolute Gasteiger partial charge is 0.0104 e. The van der Waals surface area contributed by atoms with Gasteiger partial charge in [-0.25, -0.2) is 0 Å². The second-order valence-corrected chi connectivity index (χ2v) is 6.06. The minimum atomic E-state index is 0.995. The molecular formula is C15H24. The first-order valence-electron chi connectivity index (χ1n) is 6.98. The van der Waals surface area contributed by atoms with Crippen molar-refractivity contribution < 1.29 is 0 Å². The Labute approximate surface area is 94.1 Å². The van der Waals surface area contributed by atoms with Crippen molar-refractivity contribution in [3.05, 3.63) is 11.6 Å². The van der Waals surface area contributed by atoms with Crippen molar-refractivity contribution in [1.82, 2.24) is 0 Å². The Morgan fingerprint density at radius 1 is 1.27 bits per heavy atom. The molecule has 2 saturated carbocycles. The first-order valence-corrected chi connectivity index (χ1v) is 6.98. The normalized spacial score (nSPS) is 52.1. The third-order valence-corrected chi connectivity index (χ3v) is 5.78. The highest BCUT2D eigenvalue weighted by Crippen LogP contribution is 2.64. The molecule has 3 aliphatic rings. The summed E-state index contributed by atoms with van der Waals surface area (Å²) in [5.41, 5.74) is 1.84. The molecule has 0 nitrogen and oxygen atoms in total. The molecule has 3 rings (SSSR count). The summed E-state index contributed by atoms with van der Waals surface area (Å²) in [7, 11) is 0. The summed E-state index contributed by atoms with van der Waals surface area (Å²) in [5.74, 6) is 6.16. The molecule has 0 aromatic rings. The summed E-state index contributed by atoms with van der Waals surface area (Å²) < 4.78 is 0. The van der Waals surface area contributed by atoms with Crippen LogP contribution in [0.4, 0.5) is 0 Å². The maximum Gasteiger partial charge on any atom is -0.0104 e. The Bertz CT molecular complexity index is 288. The van der Waals surface area contributed by atoms with Gasteiger partial charge in [0.1, 0.15) is 0 Å². The minimum Gasteiger partial charge on any atom is -0.0810 e. The van der Waals surface area contributed by atoms with Crippen LogP contribution >= 0.6 is 0 Å². The lowest BCUT2D eigenvalue weighted by atomic mass is 9.45. The van der Waals surface area contributed by atoms with Crippen LogP contribution in [-0.2, 0) is 0 Å². The highest BCUT2D eigenvalue weighted by molar-refractivity contribution is 5.32. The van der Waals surface area contributed by atoms with E-state index in [-0.39, 0.29) is 0 Å². The molecule has 0 heteroatoms. The van der Waals surface area contributed by atoms with E-state index >= 15 is 0 Å².